The van der Waals surface area contributed by atoms with Crippen LogP contribution in [0.1, 0.15) is 33.3 Å². The molecule has 0 amide bonds. The molecule has 0 spiro atoms. The molecule has 0 radical (unpaired) electrons. The lowest BCUT2D eigenvalue weighted by Gasteiger charge is -2.12. The van der Waals surface area contributed by atoms with Gasteiger partial charge in [-0.3, -0.25) is 0 Å². The Morgan fingerprint density at radius 2 is 1.76 bits per heavy atom. The average Bonchev–Trinajstić information content (AvgIpc) is 2.97. The number of carbonyl (C=O) groups excluding carboxylic acids is 1. The van der Waals surface area contributed by atoms with Gasteiger partial charge in [0.25, 0.3) is 0 Å². The molecule has 1 atom stereocenters. The van der Waals surface area contributed by atoms with E-state index in [2.05, 4.69) is 23.6 Å². The Hall–Kier alpha value is -2.55. The fourth-order valence-corrected chi connectivity index (χ4v) is 3.24. The lowest BCUT2D eigenvalue weighted by Crippen LogP contribution is -2.03. The molecule has 1 aliphatic heterocycles. The minimum atomic E-state index is -0.306. The van der Waals surface area contributed by atoms with Crippen LogP contribution < -0.4 is 0 Å². The van der Waals surface area contributed by atoms with E-state index in [1.807, 2.05) is 43.4 Å². The first-order valence-corrected chi connectivity index (χ1v) is 7.02. The number of aromatic nitrogens is 1. The van der Waals surface area contributed by atoms with E-state index in [1.165, 1.54) is 0 Å². The van der Waals surface area contributed by atoms with Crippen LogP contribution in [-0.2, 0) is 11.8 Å². The molecule has 0 aliphatic carbocycles. The molecule has 0 bridgehead atoms. The van der Waals surface area contributed by atoms with E-state index in [0.29, 0.717) is 5.56 Å². The number of para-hydroxylation sites is 1. The maximum Gasteiger partial charge on any atom is 0.339 e. The normalized spacial score (nSPS) is 17.0. The minimum absolute atomic E-state index is 0.233. The number of nitrogens with zero attached hydrogens (tertiary/aromatic N) is 1. The standard InChI is InChI=1S/C18H15NO2/c1-11-16(14-9-5-6-10-15(14)19(11)2)17-12-7-3-4-8-13(12)18(20)21-17/h3-10,17H,1-2H3. The van der Waals surface area contributed by atoms with Crippen LogP contribution in [0.15, 0.2) is 48.5 Å². The summed E-state index contributed by atoms with van der Waals surface area (Å²) < 4.78 is 7.82. The number of aryl methyl sites for hydroxylation is 1. The maximum atomic E-state index is 12.1. The molecule has 3 heteroatoms. The second-order valence-corrected chi connectivity index (χ2v) is 5.45. The van der Waals surface area contributed by atoms with E-state index < -0.39 is 0 Å². The number of carbonyl (C=O) groups is 1. The molecule has 1 aliphatic rings. The molecule has 1 aromatic heterocycles. The van der Waals surface area contributed by atoms with Gasteiger partial charge in [-0.15, -0.1) is 0 Å². The average molecular weight is 277 g/mol. The second-order valence-electron chi connectivity index (χ2n) is 5.45. The Labute approximate surface area is 122 Å². The van der Waals surface area contributed by atoms with Gasteiger partial charge >= 0.3 is 5.97 Å². The lowest BCUT2D eigenvalue weighted by atomic mass is 9.97. The number of ether oxygens (including phenoxy) is 1. The van der Waals surface area contributed by atoms with Gasteiger partial charge in [0.2, 0.25) is 0 Å². The van der Waals surface area contributed by atoms with Crippen molar-refractivity contribution in [3.63, 3.8) is 0 Å². The fourth-order valence-electron chi connectivity index (χ4n) is 3.24. The van der Waals surface area contributed by atoms with Crippen LogP contribution in [0.5, 0.6) is 0 Å². The van der Waals surface area contributed by atoms with Crippen LogP contribution in [0, 0.1) is 6.92 Å². The van der Waals surface area contributed by atoms with Crippen molar-refractivity contribution < 1.29 is 9.53 Å². The number of esters is 1. The van der Waals surface area contributed by atoms with Crippen molar-refractivity contribution in [1.82, 2.24) is 4.57 Å². The van der Waals surface area contributed by atoms with Crippen LogP contribution in [0.25, 0.3) is 10.9 Å². The molecule has 0 saturated carbocycles. The molecule has 3 nitrogen and oxygen atoms in total. The molecule has 21 heavy (non-hydrogen) atoms. The van der Waals surface area contributed by atoms with Crippen molar-refractivity contribution in [2.24, 2.45) is 7.05 Å². The first-order chi connectivity index (χ1) is 10.2. The summed E-state index contributed by atoms with van der Waals surface area (Å²) in [4.78, 5) is 12.1. The third-order valence-electron chi connectivity index (χ3n) is 4.40. The Morgan fingerprint density at radius 1 is 1.05 bits per heavy atom. The zero-order valence-corrected chi connectivity index (χ0v) is 12.0. The predicted octanol–water partition coefficient (Wildman–Crippen LogP) is 3.75. The van der Waals surface area contributed by atoms with Gasteiger partial charge in [-0.2, -0.15) is 0 Å². The summed E-state index contributed by atoms with van der Waals surface area (Å²) >= 11 is 0. The molecule has 0 saturated heterocycles. The van der Waals surface area contributed by atoms with E-state index >= 15 is 0 Å². The van der Waals surface area contributed by atoms with Gasteiger partial charge in [-0.05, 0) is 19.1 Å². The minimum Gasteiger partial charge on any atom is -0.449 e. The van der Waals surface area contributed by atoms with Crippen molar-refractivity contribution in [2.75, 3.05) is 0 Å². The Balaban J connectivity index is 2.01. The summed E-state index contributed by atoms with van der Waals surface area (Å²) in [6, 6.07) is 15.9. The fraction of sp³-hybridized carbons (Fsp3) is 0.167. The Bertz CT molecular complexity index is 876. The molecular formula is C18H15NO2. The SMILES string of the molecule is Cc1c(C2OC(=O)c3ccccc32)c2ccccc2n1C. The second kappa shape index (κ2) is 4.22. The van der Waals surface area contributed by atoms with Crippen LogP contribution in [0.4, 0.5) is 0 Å². The van der Waals surface area contributed by atoms with Crippen LogP contribution >= 0.6 is 0 Å². The van der Waals surface area contributed by atoms with Gasteiger partial charge in [0.1, 0.15) is 0 Å². The highest BCUT2D eigenvalue weighted by Gasteiger charge is 2.34. The summed E-state index contributed by atoms with van der Waals surface area (Å²) in [5, 5.41) is 1.15. The van der Waals surface area contributed by atoms with Crippen molar-refractivity contribution in [3.8, 4) is 0 Å². The van der Waals surface area contributed by atoms with Crippen molar-refractivity contribution >= 4 is 16.9 Å². The largest absolute Gasteiger partial charge is 0.449 e. The van der Waals surface area contributed by atoms with Gasteiger partial charge in [0.15, 0.2) is 6.10 Å². The Kier molecular flexibility index (Phi) is 2.45. The van der Waals surface area contributed by atoms with Crippen molar-refractivity contribution in [2.45, 2.75) is 13.0 Å². The molecule has 4 rings (SSSR count). The summed E-state index contributed by atoms with van der Waals surface area (Å²) in [5.41, 5.74) is 5.01. The van der Waals surface area contributed by atoms with Gasteiger partial charge in [0.05, 0.1) is 5.56 Å². The van der Waals surface area contributed by atoms with Crippen LogP contribution in [0.3, 0.4) is 0 Å². The Morgan fingerprint density at radius 3 is 2.62 bits per heavy atom. The molecule has 104 valence electrons. The zero-order chi connectivity index (χ0) is 14.6. The summed E-state index contributed by atoms with van der Waals surface area (Å²) in [5.74, 6) is -0.233. The number of benzene rings is 2. The first kappa shape index (κ1) is 12.2. The van der Waals surface area contributed by atoms with Gasteiger partial charge in [0, 0.05) is 34.8 Å². The first-order valence-electron chi connectivity index (χ1n) is 7.02. The number of fused-ring (bicyclic) bond motifs is 2. The molecule has 2 aromatic carbocycles. The van der Waals surface area contributed by atoms with Gasteiger partial charge in [-0.1, -0.05) is 36.4 Å². The van der Waals surface area contributed by atoms with E-state index in [9.17, 15) is 4.79 Å². The van der Waals surface area contributed by atoms with Crippen molar-refractivity contribution in [1.29, 1.82) is 0 Å². The van der Waals surface area contributed by atoms with Gasteiger partial charge < -0.3 is 9.30 Å². The molecule has 3 aromatic rings. The van der Waals surface area contributed by atoms with E-state index in [0.717, 1.165) is 27.7 Å². The third kappa shape index (κ3) is 1.57. The van der Waals surface area contributed by atoms with E-state index in [1.54, 1.807) is 0 Å². The highest BCUT2D eigenvalue weighted by molar-refractivity contribution is 5.96. The molecule has 1 unspecified atom stereocenters. The topological polar surface area (TPSA) is 31.2 Å². The van der Waals surface area contributed by atoms with E-state index in [-0.39, 0.29) is 12.1 Å². The maximum absolute atomic E-state index is 12.1. The molecule has 0 fully saturated rings. The number of hydrogen-bond donors (Lipinski definition) is 0. The quantitative estimate of drug-likeness (QED) is 0.634. The van der Waals surface area contributed by atoms with Gasteiger partial charge in [-0.25, -0.2) is 4.79 Å². The van der Waals surface area contributed by atoms with Crippen molar-refractivity contribution in [3.05, 3.63) is 70.9 Å². The lowest BCUT2D eigenvalue weighted by molar-refractivity contribution is 0.0457. The number of rotatable bonds is 1. The summed E-state index contributed by atoms with van der Waals surface area (Å²) in [7, 11) is 2.05. The van der Waals surface area contributed by atoms with Crippen LogP contribution in [0.2, 0.25) is 0 Å². The highest BCUT2D eigenvalue weighted by Crippen LogP contribution is 2.41. The molecule has 0 N–H and O–H groups in total. The smallest absolute Gasteiger partial charge is 0.339 e. The molecule has 2 heterocycles. The number of hydrogen-bond acceptors (Lipinski definition) is 2. The monoisotopic (exact) mass is 277 g/mol. The predicted molar refractivity (Wildman–Crippen MR) is 81.4 cm³/mol. The summed E-state index contributed by atoms with van der Waals surface area (Å²) in [6.45, 7) is 2.07. The van der Waals surface area contributed by atoms with E-state index in [4.69, 9.17) is 4.74 Å². The van der Waals surface area contributed by atoms with Crippen LogP contribution in [-0.4, -0.2) is 10.5 Å². The molecular weight excluding hydrogens is 262 g/mol. The number of cyclic esters (lactones) is 1. The summed E-state index contributed by atoms with van der Waals surface area (Å²) in [6.07, 6.45) is -0.306. The highest BCUT2D eigenvalue weighted by atomic mass is 16.5. The third-order valence-corrected chi connectivity index (χ3v) is 4.40. The zero-order valence-electron chi connectivity index (χ0n) is 12.0.